The van der Waals surface area contributed by atoms with Gasteiger partial charge in [-0.05, 0) is 38.1 Å². The van der Waals surface area contributed by atoms with Crippen LogP contribution in [0.2, 0.25) is 0 Å². The predicted molar refractivity (Wildman–Crippen MR) is 64.9 cm³/mol. The summed E-state index contributed by atoms with van der Waals surface area (Å²) in [7, 11) is 0. The molecule has 2 heteroatoms. The predicted octanol–water partition coefficient (Wildman–Crippen LogP) is 2.48. The lowest BCUT2D eigenvalue weighted by Gasteiger charge is -2.39. The van der Waals surface area contributed by atoms with Crippen molar-refractivity contribution in [3.05, 3.63) is 12.7 Å². The van der Waals surface area contributed by atoms with Crippen molar-refractivity contribution in [3.63, 3.8) is 0 Å². The zero-order valence-electron chi connectivity index (χ0n) is 9.97. The third-order valence-corrected chi connectivity index (χ3v) is 3.48. The molecule has 1 aliphatic rings. The summed E-state index contributed by atoms with van der Waals surface area (Å²) in [5.74, 6) is 0.748. The number of hydrogen-bond donors (Lipinski definition) is 2. The van der Waals surface area contributed by atoms with Gasteiger partial charge in [0.2, 0.25) is 0 Å². The van der Waals surface area contributed by atoms with Gasteiger partial charge in [-0.15, -0.1) is 6.58 Å². The fraction of sp³-hybridized carbons (Fsp3) is 0.846. The van der Waals surface area contributed by atoms with Crippen LogP contribution in [-0.2, 0) is 0 Å². The molecule has 2 N–H and O–H groups in total. The largest absolute Gasteiger partial charge is 0.394 e. The van der Waals surface area contributed by atoms with Gasteiger partial charge in [0.05, 0.1) is 6.61 Å². The highest BCUT2D eigenvalue weighted by atomic mass is 16.3. The van der Waals surface area contributed by atoms with Crippen LogP contribution in [0.25, 0.3) is 0 Å². The fourth-order valence-corrected chi connectivity index (χ4v) is 2.62. The molecule has 0 saturated heterocycles. The Labute approximate surface area is 93.8 Å². The van der Waals surface area contributed by atoms with E-state index in [1.165, 1.54) is 12.8 Å². The molecule has 2 nitrogen and oxygen atoms in total. The highest BCUT2D eigenvalue weighted by molar-refractivity contribution is 4.92. The average molecular weight is 211 g/mol. The van der Waals surface area contributed by atoms with Crippen LogP contribution >= 0.6 is 0 Å². The van der Waals surface area contributed by atoms with Gasteiger partial charge in [0.15, 0.2) is 0 Å². The van der Waals surface area contributed by atoms with E-state index < -0.39 is 0 Å². The molecule has 0 aromatic carbocycles. The smallest absolute Gasteiger partial charge is 0.0613 e. The normalized spacial score (nSPS) is 31.5. The summed E-state index contributed by atoms with van der Waals surface area (Å²) < 4.78 is 0. The molecule has 1 rings (SSSR count). The van der Waals surface area contributed by atoms with Gasteiger partial charge in [0.25, 0.3) is 0 Å². The van der Waals surface area contributed by atoms with Crippen molar-refractivity contribution >= 4 is 0 Å². The van der Waals surface area contributed by atoms with E-state index in [2.05, 4.69) is 18.8 Å². The lowest BCUT2D eigenvalue weighted by atomic mass is 9.77. The molecule has 0 heterocycles. The molecule has 1 aliphatic carbocycles. The van der Waals surface area contributed by atoms with E-state index >= 15 is 0 Å². The molecule has 0 aliphatic heterocycles. The molecule has 2 unspecified atom stereocenters. The maximum absolute atomic E-state index is 9.53. The Morgan fingerprint density at radius 1 is 1.60 bits per heavy atom. The van der Waals surface area contributed by atoms with Gasteiger partial charge in [-0.2, -0.15) is 0 Å². The Hall–Kier alpha value is -0.340. The van der Waals surface area contributed by atoms with Crippen molar-refractivity contribution in [2.24, 2.45) is 5.92 Å². The number of aliphatic hydroxyl groups is 1. The molecule has 0 aromatic heterocycles. The van der Waals surface area contributed by atoms with Crippen LogP contribution in [0.1, 0.15) is 45.4 Å². The van der Waals surface area contributed by atoms with Gasteiger partial charge >= 0.3 is 0 Å². The quantitative estimate of drug-likeness (QED) is 0.522. The van der Waals surface area contributed by atoms with Crippen molar-refractivity contribution in [2.45, 2.75) is 51.0 Å². The summed E-state index contributed by atoms with van der Waals surface area (Å²) in [6, 6.07) is 0. The maximum Gasteiger partial charge on any atom is 0.0613 e. The Kier molecular flexibility index (Phi) is 5.34. The van der Waals surface area contributed by atoms with Crippen molar-refractivity contribution < 1.29 is 5.11 Å². The molecule has 0 amide bonds. The van der Waals surface area contributed by atoms with Gasteiger partial charge in [-0.25, -0.2) is 0 Å². The van der Waals surface area contributed by atoms with Gasteiger partial charge in [0.1, 0.15) is 0 Å². The van der Waals surface area contributed by atoms with Crippen molar-refractivity contribution in [2.75, 3.05) is 13.2 Å². The molecule has 2 atom stereocenters. The van der Waals surface area contributed by atoms with E-state index in [9.17, 15) is 5.11 Å². The molecule has 0 bridgehead atoms. The minimum atomic E-state index is 0.0127. The molecule has 0 spiro atoms. The average Bonchev–Trinajstić information content (AvgIpc) is 2.25. The topological polar surface area (TPSA) is 32.3 Å². The van der Waals surface area contributed by atoms with Gasteiger partial charge in [-0.3, -0.25) is 0 Å². The first-order valence-electron chi connectivity index (χ1n) is 6.19. The maximum atomic E-state index is 9.53. The van der Waals surface area contributed by atoms with Crippen LogP contribution in [-0.4, -0.2) is 23.8 Å². The minimum absolute atomic E-state index is 0.0127. The number of unbranched alkanes of at least 4 members (excludes halogenated alkanes) is 1. The lowest BCUT2D eigenvalue weighted by Crippen LogP contribution is -2.51. The van der Waals surface area contributed by atoms with Crippen LogP contribution in [0.15, 0.2) is 12.7 Å². The van der Waals surface area contributed by atoms with Crippen LogP contribution in [0.5, 0.6) is 0 Å². The summed E-state index contributed by atoms with van der Waals surface area (Å²) in [6.45, 7) is 7.29. The first kappa shape index (κ1) is 12.7. The van der Waals surface area contributed by atoms with E-state index in [4.69, 9.17) is 0 Å². The molecule has 15 heavy (non-hydrogen) atoms. The lowest BCUT2D eigenvalue weighted by molar-refractivity contribution is 0.0998. The first-order valence-corrected chi connectivity index (χ1v) is 6.19. The third kappa shape index (κ3) is 3.96. The highest BCUT2D eigenvalue weighted by Crippen LogP contribution is 2.31. The number of hydrogen-bond acceptors (Lipinski definition) is 2. The minimum Gasteiger partial charge on any atom is -0.394 e. The molecule has 1 saturated carbocycles. The van der Waals surface area contributed by atoms with Crippen molar-refractivity contribution in [1.82, 2.24) is 5.32 Å². The third-order valence-electron chi connectivity index (χ3n) is 3.48. The second kappa shape index (κ2) is 6.29. The Bertz CT molecular complexity index is 193. The number of allylic oxidation sites excluding steroid dienone is 1. The van der Waals surface area contributed by atoms with E-state index in [0.717, 1.165) is 38.1 Å². The van der Waals surface area contributed by atoms with E-state index in [-0.39, 0.29) is 12.1 Å². The van der Waals surface area contributed by atoms with Crippen LogP contribution in [0.3, 0.4) is 0 Å². The molecular formula is C13H25NO. The Balaban J connectivity index is 2.34. The summed E-state index contributed by atoms with van der Waals surface area (Å²) in [4.78, 5) is 0. The first-order chi connectivity index (χ1) is 7.22. The van der Waals surface area contributed by atoms with E-state index in [1.807, 2.05) is 6.08 Å². The molecular weight excluding hydrogens is 186 g/mol. The summed E-state index contributed by atoms with van der Waals surface area (Å²) in [5, 5.41) is 13.1. The van der Waals surface area contributed by atoms with E-state index in [0.29, 0.717) is 0 Å². The summed E-state index contributed by atoms with van der Waals surface area (Å²) >= 11 is 0. The van der Waals surface area contributed by atoms with E-state index in [1.54, 1.807) is 0 Å². The second-order valence-electron chi connectivity index (χ2n) is 5.00. The number of rotatable bonds is 6. The van der Waals surface area contributed by atoms with Crippen molar-refractivity contribution in [1.29, 1.82) is 0 Å². The zero-order valence-corrected chi connectivity index (χ0v) is 9.97. The number of aliphatic hydroxyl groups excluding tert-OH is 1. The molecule has 88 valence electrons. The Morgan fingerprint density at radius 2 is 2.40 bits per heavy atom. The zero-order chi connectivity index (χ0) is 11.1. The summed E-state index contributed by atoms with van der Waals surface area (Å²) in [5.41, 5.74) is 0.0127. The van der Waals surface area contributed by atoms with Crippen LogP contribution in [0.4, 0.5) is 0 Å². The van der Waals surface area contributed by atoms with Gasteiger partial charge in [-0.1, -0.05) is 25.8 Å². The fourth-order valence-electron chi connectivity index (χ4n) is 2.62. The van der Waals surface area contributed by atoms with Crippen molar-refractivity contribution in [3.8, 4) is 0 Å². The SMILES string of the molecule is C=CCCCNC1(CO)CCCC(C)C1. The summed E-state index contributed by atoms with van der Waals surface area (Å²) in [6.07, 6.45) is 8.95. The Morgan fingerprint density at radius 3 is 3.00 bits per heavy atom. The van der Waals surface area contributed by atoms with Gasteiger partial charge < -0.3 is 10.4 Å². The molecule has 1 fully saturated rings. The van der Waals surface area contributed by atoms with Crippen LogP contribution < -0.4 is 5.32 Å². The molecule has 0 aromatic rings. The van der Waals surface area contributed by atoms with Crippen LogP contribution in [0, 0.1) is 5.92 Å². The van der Waals surface area contributed by atoms with Gasteiger partial charge in [0, 0.05) is 5.54 Å². The monoisotopic (exact) mass is 211 g/mol. The number of nitrogens with one attached hydrogen (secondary N) is 1. The molecule has 0 radical (unpaired) electrons. The highest BCUT2D eigenvalue weighted by Gasteiger charge is 2.33. The standard InChI is InChI=1S/C13H25NO/c1-3-4-5-9-14-13(11-15)8-6-7-12(2)10-13/h3,12,14-15H,1,4-11H2,2H3. The second-order valence-corrected chi connectivity index (χ2v) is 5.00.